The molecule has 0 bridgehead atoms. The number of amides is 1. The van der Waals surface area contributed by atoms with Crippen LogP contribution in [0.3, 0.4) is 0 Å². The van der Waals surface area contributed by atoms with Crippen LogP contribution < -0.4 is 14.8 Å². The lowest BCUT2D eigenvalue weighted by Crippen LogP contribution is -2.31. The van der Waals surface area contributed by atoms with E-state index in [4.69, 9.17) is 23.7 Å². The molecule has 3 rings (SSSR count). The van der Waals surface area contributed by atoms with Crippen LogP contribution in [-0.4, -0.2) is 58.8 Å². The first-order valence-electron chi connectivity index (χ1n) is 11.2. The molecule has 1 amide bonds. The van der Waals surface area contributed by atoms with Gasteiger partial charge in [0.2, 0.25) is 0 Å². The number of esters is 1. The molecular formula is C25H31NO7. The van der Waals surface area contributed by atoms with Gasteiger partial charge in [0, 0.05) is 41.6 Å². The maximum Gasteiger partial charge on any atom is 0.412 e. The van der Waals surface area contributed by atoms with Crippen LogP contribution >= 0.6 is 0 Å². The average molecular weight is 458 g/mol. The number of hydrogen-bond donors (Lipinski definition) is 1. The third-order valence-corrected chi connectivity index (χ3v) is 5.32. The zero-order valence-electron chi connectivity index (χ0n) is 19.0. The summed E-state index contributed by atoms with van der Waals surface area (Å²) in [5.74, 6) is 0.954. The van der Waals surface area contributed by atoms with Gasteiger partial charge in [0.1, 0.15) is 24.7 Å². The van der Waals surface area contributed by atoms with Crippen molar-refractivity contribution in [2.75, 3.05) is 46.7 Å². The second kappa shape index (κ2) is 12.8. The van der Waals surface area contributed by atoms with Gasteiger partial charge in [0.25, 0.3) is 0 Å². The molecule has 2 aromatic rings. The van der Waals surface area contributed by atoms with Crippen LogP contribution in [0.1, 0.15) is 24.0 Å². The summed E-state index contributed by atoms with van der Waals surface area (Å²) < 4.78 is 27.2. The zero-order valence-corrected chi connectivity index (χ0v) is 19.0. The fourth-order valence-electron chi connectivity index (χ4n) is 3.84. The fraction of sp³-hybridized carbons (Fsp3) is 0.440. The van der Waals surface area contributed by atoms with E-state index < -0.39 is 12.1 Å². The van der Waals surface area contributed by atoms with Gasteiger partial charge in [-0.3, -0.25) is 0 Å². The summed E-state index contributed by atoms with van der Waals surface area (Å²) in [6.07, 6.45) is 4.36. The minimum Gasteiger partial charge on any atom is -0.490 e. The molecule has 33 heavy (non-hydrogen) atoms. The summed E-state index contributed by atoms with van der Waals surface area (Å²) >= 11 is 0. The number of nitrogens with one attached hydrogen (secondary N) is 1. The molecule has 0 aliphatic heterocycles. The van der Waals surface area contributed by atoms with Gasteiger partial charge in [0.15, 0.2) is 0 Å². The highest BCUT2D eigenvalue weighted by molar-refractivity contribution is 5.97. The Labute approximate surface area is 193 Å². The summed E-state index contributed by atoms with van der Waals surface area (Å²) in [4.78, 5) is 23.5. The van der Waals surface area contributed by atoms with Crippen molar-refractivity contribution in [2.24, 2.45) is 0 Å². The maximum atomic E-state index is 12.5. The molecule has 8 heteroatoms. The van der Waals surface area contributed by atoms with Crippen molar-refractivity contribution in [3.63, 3.8) is 0 Å². The molecule has 178 valence electrons. The van der Waals surface area contributed by atoms with E-state index in [1.54, 1.807) is 7.11 Å². The minimum absolute atomic E-state index is 0.131. The van der Waals surface area contributed by atoms with Crippen molar-refractivity contribution < 1.29 is 33.3 Å². The number of benzene rings is 2. The van der Waals surface area contributed by atoms with Crippen LogP contribution in [0.15, 0.2) is 36.9 Å². The van der Waals surface area contributed by atoms with E-state index in [0.29, 0.717) is 19.0 Å². The Morgan fingerprint density at radius 2 is 1.67 bits per heavy atom. The van der Waals surface area contributed by atoms with Gasteiger partial charge in [0.05, 0.1) is 19.8 Å². The fourth-order valence-corrected chi connectivity index (χ4v) is 3.84. The first-order valence-corrected chi connectivity index (χ1v) is 11.2. The molecule has 0 atom stereocenters. The van der Waals surface area contributed by atoms with Gasteiger partial charge < -0.3 is 29.0 Å². The Hall–Kier alpha value is -3.10. The average Bonchev–Trinajstić information content (AvgIpc) is 2.84. The molecule has 0 aromatic heterocycles. The van der Waals surface area contributed by atoms with Crippen LogP contribution in [0, 0.1) is 0 Å². The van der Waals surface area contributed by atoms with Gasteiger partial charge in [-0.1, -0.05) is 30.8 Å². The van der Waals surface area contributed by atoms with Crippen molar-refractivity contribution >= 4 is 22.8 Å². The first kappa shape index (κ1) is 24.5. The molecule has 0 unspecified atom stereocenters. The Morgan fingerprint density at radius 3 is 2.36 bits per heavy atom. The number of carbonyl (C=O) groups is 2. The molecule has 0 spiro atoms. The number of fused-ring (bicyclic) bond motifs is 2. The van der Waals surface area contributed by atoms with Crippen LogP contribution in [-0.2, 0) is 31.8 Å². The largest absolute Gasteiger partial charge is 0.490 e. The molecule has 1 aliphatic carbocycles. The Bertz CT molecular complexity index is 973. The summed E-state index contributed by atoms with van der Waals surface area (Å²) in [5.41, 5.74) is 2.14. The van der Waals surface area contributed by atoms with E-state index in [-0.39, 0.29) is 26.4 Å². The standard InChI is InChI=1S/C25H31NO7/c1-3-22(27)31-17-15-30-13-12-26-25(28)33-24-20-10-6-4-8-18(20)23(32-16-14-29-2)19-9-5-7-11-21(19)24/h3-4,6,8,10H,1,5,7,9,11-17H2,2H3,(H,26,28). The Balaban J connectivity index is 1.66. The number of ether oxygens (including phenoxy) is 5. The van der Waals surface area contributed by atoms with Crippen molar-refractivity contribution in [2.45, 2.75) is 25.7 Å². The van der Waals surface area contributed by atoms with Crippen LogP contribution in [0.25, 0.3) is 10.8 Å². The van der Waals surface area contributed by atoms with Gasteiger partial charge in [-0.25, -0.2) is 9.59 Å². The molecule has 1 aliphatic rings. The second-order valence-corrected chi connectivity index (χ2v) is 7.51. The molecule has 8 nitrogen and oxygen atoms in total. The Kier molecular flexibility index (Phi) is 9.53. The number of hydrogen-bond acceptors (Lipinski definition) is 7. The Morgan fingerprint density at radius 1 is 0.970 bits per heavy atom. The molecule has 0 saturated heterocycles. The van der Waals surface area contributed by atoms with E-state index in [1.807, 2.05) is 24.3 Å². The molecular weight excluding hydrogens is 426 g/mol. The monoisotopic (exact) mass is 457 g/mol. The summed E-state index contributed by atoms with van der Waals surface area (Å²) in [6, 6.07) is 7.82. The van der Waals surface area contributed by atoms with Gasteiger partial charge in [-0.2, -0.15) is 0 Å². The summed E-state index contributed by atoms with van der Waals surface area (Å²) in [6.45, 7) is 5.19. The smallest absolute Gasteiger partial charge is 0.412 e. The number of rotatable bonds is 12. The normalized spacial score (nSPS) is 12.6. The van der Waals surface area contributed by atoms with Crippen molar-refractivity contribution in [1.29, 1.82) is 0 Å². The van der Waals surface area contributed by atoms with E-state index >= 15 is 0 Å². The lowest BCUT2D eigenvalue weighted by atomic mass is 9.87. The van der Waals surface area contributed by atoms with E-state index in [2.05, 4.69) is 11.9 Å². The molecule has 0 saturated carbocycles. The van der Waals surface area contributed by atoms with Crippen molar-refractivity contribution in [3.8, 4) is 11.5 Å². The topological polar surface area (TPSA) is 92.3 Å². The quantitative estimate of drug-likeness (QED) is 0.296. The highest BCUT2D eigenvalue weighted by atomic mass is 16.6. The van der Waals surface area contributed by atoms with Gasteiger partial charge in [-0.15, -0.1) is 0 Å². The molecule has 0 fully saturated rings. The van der Waals surface area contributed by atoms with Crippen LogP contribution in [0.2, 0.25) is 0 Å². The molecule has 2 aromatic carbocycles. The predicted molar refractivity (Wildman–Crippen MR) is 124 cm³/mol. The van der Waals surface area contributed by atoms with Gasteiger partial charge in [-0.05, 0) is 25.7 Å². The number of methoxy groups -OCH3 is 1. The van der Waals surface area contributed by atoms with Crippen molar-refractivity contribution in [3.05, 3.63) is 48.0 Å². The lowest BCUT2D eigenvalue weighted by molar-refractivity contribution is -0.139. The highest BCUT2D eigenvalue weighted by Crippen LogP contribution is 2.44. The lowest BCUT2D eigenvalue weighted by Gasteiger charge is -2.25. The number of carbonyl (C=O) groups excluding carboxylic acids is 2. The molecule has 0 radical (unpaired) electrons. The third kappa shape index (κ3) is 6.69. The van der Waals surface area contributed by atoms with Crippen molar-refractivity contribution in [1.82, 2.24) is 5.32 Å². The van der Waals surface area contributed by atoms with Crippen LogP contribution in [0.5, 0.6) is 11.5 Å². The minimum atomic E-state index is -0.539. The summed E-state index contributed by atoms with van der Waals surface area (Å²) in [7, 11) is 1.65. The SMILES string of the molecule is C=CC(=O)OCCOCCNC(=O)Oc1c2c(c(OCCOC)c3ccccc13)CCCC2. The zero-order chi connectivity index (χ0) is 23.5. The van der Waals surface area contributed by atoms with E-state index in [9.17, 15) is 9.59 Å². The third-order valence-electron chi connectivity index (χ3n) is 5.32. The van der Waals surface area contributed by atoms with E-state index in [0.717, 1.165) is 59.4 Å². The van der Waals surface area contributed by atoms with E-state index in [1.165, 1.54) is 0 Å². The van der Waals surface area contributed by atoms with Crippen LogP contribution in [0.4, 0.5) is 4.79 Å². The first-order chi connectivity index (χ1) is 16.2. The van der Waals surface area contributed by atoms with Gasteiger partial charge >= 0.3 is 12.1 Å². The maximum absolute atomic E-state index is 12.5. The predicted octanol–water partition coefficient (Wildman–Crippen LogP) is 3.58. The summed E-state index contributed by atoms with van der Waals surface area (Å²) in [5, 5.41) is 4.49. The second-order valence-electron chi connectivity index (χ2n) is 7.51. The molecule has 0 heterocycles. The highest BCUT2D eigenvalue weighted by Gasteiger charge is 2.25. The molecule has 1 N–H and O–H groups in total.